The van der Waals surface area contributed by atoms with Gasteiger partial charge in [0, 0.05) is 11.9 Å². The van der Waals surface area contributed by atoms with Crippen LogP contribution in [0, 0.1) is 5.82 Å². The van der Waals surface area contributed by atoms with Crippen molar-refractivity contribution in [2.24, 2.45) is 5.16 Å². The van der Waals surface area contributed by atoms with Crippen molar-refractivity contribution in [1.29, 1.82) is 0 Å². The monoisotopic (exact) mass is 262 g/mol. The molecule has 1 heterocycles. The van der Waals surface area contributed by atoms with Crippen LogP contribution in [0.15, 0.2) is 47.8 Å². The molecule has 1 aromatic heterocycles. The molecule has 2 aromatic rings. The van der Waals surface area contributed by atoms with Crippen molar-refractivity contribution in [2.45, 2.75) is 0 Å². The maximum absolute atomic E-state index is 12.8. The van der Waals surface area contributed by atoms with Gasteiger partial charge in [-0.2, -0.15) is 0 Å². The summed E-state index contributed by atoms with van der Waals surface area (Å²) in [6.45, 7) is -0.492. The van der Waals surface area contributed by atoms with Crippen LogP contribution in [0.25, 0.3) is 5.69 Å². The molecule has 5 nitrogen and oxygen atoms in total. The first kappa shape index (κ1) is 12.8. The van der Waals surface area contributed by atoms with Crippen LogP contribution in [0.5, 0.6) is 0 Å². The van der Waals surface area contributed by atoms with Crippen LogP contribution in [-0.2, 0) is 9.63 Å². The van der Waals surface area contributed by atoms with Crippen molar-refractivity contribution < 1.29 is 19.1 Å². The van der Waals surface area contributed by atoms with E-state index in [-0.39, 0.29) is 5.82 Å². The molecule has 0 saturated carbocycles. The van der Waals surface area contributed by atoms with Gasteiger partial charge in [0.1, 0.15) is 5.82 Å². The molecule has 0 amide bonds. The Morgan fingerprint density at radius 3 is 2.79 bits per heavy atom. The number of carboxylic acids is 1. The Morgan fingerprint density at radius 1 is 1.37 bits per heavy atom. The Hall–Kier alpha value is -2.63. The summed E-state index contributed by atoms with van der Waals surface area (Å²) in [6.07, 6.45) is 3.18. The zero-order chi connectivity index (χ0) is 13.7. The lowest BCUT2D eigenvalue weighted by Crippen LogP contribution is -2.04. The second kappa shape index (κ2) is 5.81. The minimum absolute atomic E-state index is 0.309. The van der Waals surface area contributed by atoms with E-state index in [9.17, 15) is 9.18 Å². The Bertz CT molecular complexity index is 590. The van der Waals surface area contributed by atoms with Crippen molar-refractivity contribution in [3.05, 3.63) is 54.1 Å². The van der Waals surface area contributed by atoms with Crippen molar-refractivity contribution >= 4 is 12.2 Å². The van der Waals surface area contributed by atoms with Gasteiger partial charge in [0.05, 0.1) is 11.9 Å². The van der Waals surface area contributed by atoms with Crippen molar-refractivity contribution in [3.8, 4) is 5.69 Å². The van der Waals surface area contributed by atoms with Crippen LogP contribution in [-0.4, -0.2) is 28.5 Å². The normalized spacial score (nSPS) is 10.8. The summed E-state index contributed by atoms with van der Waals surface area (Å²) in [4.78, 5) is 14.8. The first-order chi connectivity index (χ1) is 9.16. The molecule has 98 valence electrons. The molecular weight excluding hydrogens is 251 g/mol. The zero-order valence-corrected chi connectivity index (χ0v) is 9.86. The fourth-order valence-electron chi connectivity index (χ4n) is 1.52. The smallest absolute Gasteiger partial charge is 0.344 e. The van der Waals surface area contributed by atoms with E-state index in [2.05, 4.69) is 9.99 Å². The molecule has 0 unspecified atom stereocenters. The Labute approximate surface area is 108 Å². The quantitative estimate of drug-likeness (QED) is 0.662. The molecule has 0 fully saturated rings. The molecule has 1 aromatic carbocycles. The molecular formula is C13H11FN2O3. The molecule has 0 aliphatic carbocycles. The van der Waals surface area contributed by atoms with Crippen LogP contribution < -0.4 is 0 Å². The standard InChI is InChI=1S/C13H11FN2O3/c14-10-3-5-11(6-4-10)16-7-1-2-12(16)8-15-19-9-13(17)18/h1-8H,9H2,(H,17,18)/b15-8+. The van der Waals surface area contributed by atoms with Crippen molar-refractivity contribution in [1.82, 2.24) is 4.57 Å². The fraction of sp³-hybridized carbons (Fsp3) is 0.0769. The molecule has 6 heteroatoms. The Kier molecular flexibility index (Phi) is 3.92. The summed E-state index contributed by atoms with van der Waals surface area (Å²) in [5.41, 5.74) is 1.46. The van der Waals surface area contributed by atoms with E-state index in [4.69, 9.17) is 5.11 Å². The number of benzene rings is 1. The van der Waals surface area contributed by atoms with E-state index in [0.717, 1.165) is 5.69 Å². The number of hydrogen-bond donors (Lipinski definition) is 1. The van der Waals surface area contributed by atoms with Crippen molar-refractivity contribution in [2.75, 3.05) is 6.61 Å². The van der Waals surface area contributed by atoms with E-state index < -0.39 is 12.6 Å². The van der Waals surface area contributed by atoms with Gasteiger partial charge < -0.3 is 14.5 Å². The van der Waals surface area contributed by atoms with Crippen LogP contribution >= 0.6 is 0 Å². The Morgan fingerprint density at radius 2 is 2.11 bits per heavy atom. The van der Waals surface area contributed by atoms with Gasteiger partial charge >= 0.3 is 5.97 Å². The number of aliphatic carboxylic acids is 1. The predicted octanol–water partition coefficient (Wildman–Crippen LogP) is 2.05. The summed E-state index contributed by atoms with van der Waals surface area (Å²) < 4.78 is 14.6. The number of hydrogen-bond acceptors (Lipinski definition) is 3. The predicted molar refractivity (Wildman–Crippen MR) is 66.9 cm³/mol. The minimum Gasteiger partial charge on any atom is -0.479 e. The number of carboxylic acid groups (broad SMARTS) is 1. The van der Waals surface area contributed by atoms with Crippen molar-refractivity contribution in [3.63, 3.8) is 0 Å². The largest absolute Gasteiger partial charge is 0.479 e. The second-order valence-corrected chi connectivity index (χ2v) is 3.68. The molecule has 2 rings (SSSR count). The third kappa shape index (κ3) is 3.41. The highest BCUT2D eigenvalue weighted by atomic mass is 19.1. The second-order valence-electron chi connectivity index (χ2n) is 3.68. The van der Waals surface area contributed by atoms with Gasteiger partial charge in [-0.25, -0.2) is 9.18 Å². The zero-order valence-electron chi connectivity index (χ0n) is 9.86. The van der Waals surface area contributed by atoms with E-state index in [1.54, 1.807) is 35.0 Å². The van der Waals surface area contributed by atoms with Crippen LogP contribution in [0.3, 0.4) is 0 Å². The number of aromatic nitrogens is 1. The van der Waals surface area contributed by atoms with Crippen LogP contribution in [0.2, 0.25) is 0 Å². The highest BCUT2D eigenvalue weighted by Gasteiger charge is 2.01. The van der Waals surface area contributed by atoms with Crippen LogP contribution in [0.4, 0.5) is 4.39 Å². The maximum Gasteiger partial charge on any atom is 0.344 e. The summed E-state index contributed by atoms with van der Waals surface area (Å²) in [6, 6.07) is 9.54. The van der Waals surface area contributed by atoms with E-state index in [0.29, 0.717) is 5.69 Å². The average molecular weight is 262 g/mol. The summed E-state index contributed by atoms with van der Waals surface area (Å²) in [5.74, 6) is -1.40. The number of halogens is 1. The first-order valence-electron chi connectivity index (χ1n) is 5.47. The fourth-order valence-corrected chi connectivity index (χ4v) is 1.52. The molecule has 0 aliphatic rings. The van der Waals surface area contributed by atoms with Gasteiger partial charge in [-0.05, 0) is 36.4 Å². The number of oxime groups is 1. The first-order valence-corrected chi connectivity index (χ1v) is 5.47. The van der Waals surface area contributed by atoms with E-state index in [1.807, 2.05) is 0 Å². The maximum atomic E-state index is 12.8. The highest BCUT2D eigenvalue weighted by molar-refractivity contribution is 5.78. The average Bonchev–Trinajstić information content (AvgIpc) is 2.84. The lowest BCUT2D eigenvalue weighted by Gasteiger charge is -2.05. The number of carbonyl (C=O) groups is 1. The number of rotatable bonds is 5. The summed E-state index contributed by atoms with van der Waals surface area (Å²) in [7, 11) is 0. The lowest BCUT2D eigenvalue weighted by molar-refractivity contribution is -0.142. The third-order valence-electron chi connectivity index (χ3n) is 2.33. The van der Waals surface area contributed by atoms with Gasteiger partial charge in [0.2, 0.25) is 6.61 Å². The molecule has 0 spiro atoms. The van der Waals surface area contributed by atoms with Gasteiger partial charge in [-0.3, -0.25) is 0 Å². The SMILES string of the molecule is O=C(O)CO/N=C/c1cccn1-c1ccc(F)cc1. The van der Waals surface area contributed by atoms with E-state index in [1.165, 1.54) is 18.3 Å². The summed E-state index contributed by atoms with van der Waals surface area (Å²) in [5, 5.41) is 11.9. The van der Waals surface area contributed by atoms with Gasteiger partial charge in [0.15, 0.2) is 0 Å². The van der Waals surface area contributed by atoms with Gasteiger partial charge in [0.25, 0.3) is 0 Å². The Balaban J connectivity index is 2.13. The number of nitrogens with zero attached hydrogens (tertiary/aromatic N) is 2. The summed E-state index contributed by atoms with van der Waals surface area (Å²) >= 11 is 0. The van der Waals surface area contributed by atoms with Crippen LogP contribution in [0.1, 0.15) is 5.69 Å². The molecule has 0 atom stereocenters. The molecule has 19 heavy (non-hydrogen) atoms. The molecule has 0 aliphatic heterocycles. The molecule has 0 saturated heterocycles. The third-order valence-corrected chi connectivity index (χ3v) is 2.33. The minimum atomic E-state index is -1.09. The molecule has 0 radical (unpaired) electrons. The highest BCUT2D eigenvalue weighted by Crippen LogP contribution is 2.12. The van der Waals surface area contributed by atoms with E-state index >= 15 is 0 Å². The molecule has 0 bridgehead atoms. The lowest BCUT2D eigenvalue weighted by atomic mass is 10.3. The topological polar surface area (TPSA) is 63.8 Å². The van der Waals surface area contributed by atoms with Gasteiger partial charge in [-0.1, -0.05) is 5.16 Å². The van der Waals surface area contributed by atoms with Gasteiger partial charge in [-0.15, -0.1) is 0 Å². The molecule has 1 N–H and O–H groups in total.